The van der Waals surface area contributed by atoms with Crippen LogP contribution in [0, 0.1) is 23.7 Å². The van der Waals surface area contributed by atoms with E-state index in [9.17, 15) is 9.59 Å². The number of imide groups is 1. The number of rotatable bonds is 3. The Hall–Kier alpha value is -1.10. The van der Waals surface area contributed by atoms with E-state index < -0.39 is 0 Å². The fourth-order valence-corrected chi connectivity index (χ4v) is 7.11. The number of hydrogen-bond acceptors (Lipinski definition) is 3. The number of carbonyl (C=O) groups excluding carboxylic acids is 2. The van der Waals surface area contributed by atoms with Gasteiger partial charge < -0.3 is 5.32 Å². The zero-order valence-electron chi connectivity index (χ0n) is 14.4. The third kappa shape index (κ3) is 2.65. The summed E-state index contributed by atoms with van der Waals surface area (Å²) in [4.78, 5) is 26.9. The minimum atomic E-state index is -0.258. The predicted octanol–water partition coefficient (Wildman–Crippen LogP) is 2.27. The molecular weight excluding hydrogens is 302 g/mol. The van der Waals surface area contributed by atoms with Crippen molar-refractivity contribution < 1.29 is 9.59 Å². The summed E-state index contributed by atoms with van der Waals surface area (Å²) in [6.07, 6.45) is 11.2. The molecule has 0 aromatic carbocycles. The topological polar surface area (TPSA) is 61.4 Å². The Kier molecular flexibility index (Phi) is 3.45. The van der Waals surface area contributed by atoms with E-state index in [0.29, 0.717) is 12.6 Å². The summed E-state index contributed by atoms with van der Waals surface area (Å²) in [5.41, 5.74) is -0.0220. The lowest BCUT2D eigenvalue weighted by molar-refractivity contribution is -0.121. The van der Waals surface area contributed by atoms with Crippen LogP contribution in [-0.4, -0.2) is 41.5 Å². The maximum atomic E-state index is 12.4. The molecule has 6 bridgehead atoms. The minimum absolute atomic E-state index is 0.0220. The highest BCUT2D eigenvalue weighted by Crippen LogP contribution is 2.55. The summed E-state index contributed by atoms with van der Waals surface area (Å²) in [7, 11) is 0. The number of amides is 3. The molecular formula is C19H29N3O2. The van der Waals surface area contributed by atoms with Crippen LogP contribution in [0.5, 0.6) is 0 Å². The van der Waals surface area contributed by atoms with Crippen molar-refractivity contribution in [1.82, 2.24) is 15.5 Å². The van der Waals surface area contributed by atoms with Crippen LogP contribution in [0.1, 0.15) is 57.8 Å². The van der Waals surface area contributed by atoms with Crippen molar-refractivity contribution in [3.63, 3.8) is 0 Å². The number of urea groups is 1. The van der Waals surface area contributed by atoms with Gasteiger partial charge in [0, 0.05) is 18.1 Å². The minimum Gasteiger partial charge on any atom is -0.332 e. The molecule has 0 aromatic rings. The fourth-order valence-electron chi connectivity index (χ4n) is 7.11. The molecule has 6 fully saturated rings. The van der Waals surface area contributed by atoms with Gasteiger partial charge in [-0.2, -0.15) is 0 Å². The number of likely N-dealkylation sites (tertiary alicyclic amines) is 1. The highest BCUT2D eigenvalue weighted by atomic mass is 16.2. The molecule has 1 aliphatic heterocycles. The van der Waals surface area contributed by atoms with Gasteiger partial charge in [-0.3, -0.25) is 15.0 Å². The monoisotopic (exact) mass is 331 g/mol. The van der Waals surface area contributed by atoms with Crippen molar-refractivity contribution in [1.29, 1.82) is 0 Å². The number of hydrogen-bond donors (Lipinski definition) is 2. The lowest BCUT2D eigenvalue weighted by Gasteiger charge is -2.56. The molecule has 5 aliphatic carbocycles. The normalized spacial score (nSPS) is 45.6. The Labute approximate surface area is 143 Å². The van der Waals surface area contributed by atoms with Gasteiger partial charge in [0.15, 0.2) is 0 Å². The van der Waals surface area contributed by atoms with Gasteiger partial charge in [0.25, 0.3) is 0 Å². The van der Waals surface area contributed by atoms with Gasteiger partial charge in [0.1, 0.15) is 0 Å². The van der Waals surface area contributed by atoms with Gasteiger partial charge in [0.2, 0.25) is 5.91 Å². The average Bonchev–Trinajstić information content (AvgIpc) is 3.06. The highest BCUT2D eigenvalue weighted by Gasteiger charge is 2.51. The summed E-state index contributed by atoms with van der Waals surface area (Å²) in [5, 5.41) is 5.84. The van der Waals surface area contributed by atoms with Crippen LogP contribution < -0.4 is 10.6 Å². The van der Waals surface area contributed by atoms with E-state index in [0.717, 1.165) is 49.5 Å². The maximum absolute atomic E-state index is 12.4. The summed E-state index contributed by atoms with van der Waals surface area (Å²) < 4.78 is 0. The largest absolute Gasteiger partial charge is 0.332 e. The Bertz CT molecular complexity index is 526. The first-order valence-corrected chi connectivity index (χ1v) is 9.93. The molecule has 5 saturated carbocycles. The number of nitrogens with one attached hydrogen (secondary N) is 2. The molecule has 3 amide bonds. The highest BCUT2D eigenvalue weighted by molar-refractivity contribution is 5.95. The first-order chi connectivity index (χ1) is 11.6. The average molecular weight is 331 g/mol. The van der Waals surface area contributed by atoms with Crippen LogP contribution in [0.2, 0.25) is 0 Å². The van der Waals surface area contributed by atoms with E-state index in [2.05, 4.69) is 15.5 Å². The van der Waals surface area contributed by atoms with E-state index in [1.807, 2.05) is 0 Å². The zero-order valence-corrected chi connectivity index (χ0v) is 14.4. The fraction of sp³-hybridized carbons (Fsp3) is 0.895. The molecule has 1 saturated heterocycles. The van der Waals surface area contributed by atoms with Gasteiger partial charge in [0.05, 0.1) is 6.54 Å². The van der Waals surface area contributed by atoms with Crippen molar-refractivity contribution >= 4 is 11.9 Å². The molecule has 0 radical (unpaired) electrons. The van der Waals surface area contributed by atoms with E-state index in [-0.39, 0.29) is 17.5 Å². The Morgan fingerprint density at radius 2 is 1.58 bits per heavy atom. The van der Waals surface area contributed by atoms with Crippen LogP contribution in [0.4, 0.5) is 4.79 Å². The predicted molar refractivity (Wildman–Crippen MR) is 90.3 cm³/mol. The van der Waals surface area contributed by atoms with E-state index in [1.54, 1.807) is 0 Å². The molecule has 6 aliphatic rings. The molecule has 24 heavy (non-hydrogen) atoms. The summed E-state index contributed by atoms with van der Waals surface area (Å²) in [6.45, 7) is 1.42. The van der Waals surface area contributed by atoms with E-state index in [4.69, 9.17) is 0 Å². The second kappa shape index (κ2) is 5.45. The molecule has 132 valence electrons. The Morgan fingerprint density at radius 1 is 0.917 bits per heavy atom. The first-order valence-electron chi connectivity index (χ1n) is 9.93. The standard InChI is InChI=1S/C19H29N3O2/c23-17(11-22-10-12-1-2-16(22)6-12)20-18(24)21-19-7-13-3-14(8-19)5-15(4-13)9-19/h12-16H,1-11H2,(H2,20,21,23,24). The SMILES string of the molecule is O=C(CN1CC2CCC1C2)NC(=O)NC12CC3CC(CC(C3)C1)C2. The van der Waals surface area contributed by atoms with Gasteiger partial charge in [-0.05, 0) is 81.5 Å². The summed E-state index contributed by atoms with van der Waals surface area (Å²) in [5.74, 6) is 3.04. The van der Waals surface area contributed by atoms with Crippen molar-refractivity contribution in [3.05, 3.63) is 0 Å². The second-order valence-corrected chi connectivity index (χ2v) is 9.46. The van der Waals surface area contributed by atoms with Crippen LogP contribution in [0.25, 0.3) is 0 Å². The second-order valence-electron chi connectivity index (χ2n) is 9.46. The smallest absolute Gasteiger partial charge is 0.321 e. The zero-order chi connectivity index (χ0) is 16.3. The molecule has 5 heteroatoms. The quantitative estimate of drug-likeness (QED) is 0.834. The number of fused-ring (bicyclic) bond motifs is 2. The molecule has 2 unspecified atom stereocenters. The molecule has 6 rings (SSSR count). The van der Waals surface area contributed by atoms with Crippen LogP contribution in [-0.2, 0) is 4.79 Å². The lowest BCUT2D eigenvalue weighted by Crippen LogP contribution is -2.62. The van der Waals surface area contributed by atoms with Crippen molar-refractivity contribution in [2.24, 2.45) is 23.7 Å². The number of nitrogens with zero attached hydrogens (tertiary/aromatic N) is 1. The van der Waals surface area contributed by atoms with Gasteiger partial charge in [-0.25, -0.2) is 4.79 Å². The van der Waals surface area contributed by atoms with Crippen LogP contribution >= 0.6 is 0 Å². The van der Waals surface area contributed by atoms with E-state index in [1.165, 1.54) is 38.5 Å². The summed E-state index contributed by atoms with van der Waals surface area (Å²) >= 11 is 0. The van der Waals surface area contributed by atoms with Gasteiger partial charge in [-0.15, -0.1) is 0 Å². The Balaban J connectivity index is 1.15. The first kappa shape index (κ1) is 15.2. The molecule has 0 aromatic heterocycles. The molecule has 0 spiro atoms. The van der Waals surface area contributed by atoms with Crippen molar-refractivity contribution in [3.8, 4) is 0 Å². The lowest BCUT2D eigenvalue weighted by atomic mass is 9.53. The van der Waals surface area contributed by atoms with Gasteiger partial charge in [-0.1, -0.05) is 0 Å². The number of piperidine rings is 1. The molecule has 5 nitrogen and oxygen atoms in total. The van der Waals surface area contributed by atoms with Gasteiger partial charge >= 0.3 is 6.03 Å². The maximum Gasteiger partial charge on any atom is 0.321 e. The summed E-state index contributed by atoms with van der Waals surface area (Å²) in [6, 6.07) is 0.318. The Morgan fingerprint density at radius 3 is 2.12 bits per heavy atom. The van der Waals surface area contributed by atoms with Crippen LogP contribution in [0.3, 0.4) is 0 Å². The number of carbonyl (C=O) groups is 2. The van der Waals surface area contributed by atoms with E-state index >= 15 is 0 Å². The van der Waals surface area contributed by atoms with Crippen molar-refractivity contribution in [2.75, 3.05) is 13.1 Å². The van der Waals surface area contributed by atoms with Crippen LogP contribution in [0.15, 0.2) is 0 Å². The molecule has 2 atom stereocenters. The third-order valence-electron chi connectivity index (χ3n) is 7.54. The molecule has 2 N–H and O–H groups in total. The van der Waals surface area contributed by atoms with Crippen molar-refractivity contribution in [2.45, 2.75) is 69.4 Å². The third-order valence-corrected chi connectivity index (χ3v) is 7.54. The molecule has 1 heterocycles.